The molecule has 0 aliphatic heterocycles. The van der Waals surface area contributed by atoms with Gasteiger partial charge in [0.15, 0.2) is 0 Å². The molecule has 0 spiro atoms. The first kappa shape index (κ1) is 29.9. The second-order valence-electron chi connectivity index (χ2n) is 9.85. The van der Waals surface area contributed by atoms with Gasteiger partial charge in [-0.05, 0) is 54.7 Å². The first-order valence-electron chi connectivity index (χ1n) is 12.8. The van der Waals surface area contributed by atoms with Crippen molar-refractivity contribution in [2.24, 2.45) is 0 Å². The molecule has 3 aromatic rings. The van der Waals surface area contributed by atoms with Gasteiger partial charge >= 0.3 is 10.2 Å². The number of hydrogen-bond acceptors (Lipinski definition) is 4. The fraction of sp³-hybridized carbons (Fsp3) is 0.333. The zero-order valence-corrected chi connectivity index (χ0v) is 24.3. The Hall–Kier alpha value is -3.69. The first-order chi connectivity index (χ1) is 18.4. The highest BCUT2D eigenvalue weighted by Crippen LogP contribution is 2.26. The fourth-order valence-electron chi connectivity index (χ4n) is 4.38. The molecular weight excluding hydrogens is 512 g/mol. The lowest BCUT2D eigenvalue weighted by Crippen LogP contribution is -2.54. The predicted molar refractivity (Wildman–Crippen MR) is 156 cm³/mol. The van der Waals surface area contributed by atoms with Crippen LogP contribution in [0.5, 0.6) is 0 Å². The molecule has 208 valence electrons. The minimum absolute atomic E-state index is 0.152. The van der Waals surface area contributed by atoms with Crippen molar-refractivity contribution in [1.29, 1.82) is 0 Å². The van der Waals surface area contributed by atoms with E-state index in [1.165, 1.54) is 26.0 Å². The summed E-state index contributed by atoms with van der Waals surface area (Å²) in [6.45, 7) is 5.32. The second kappa shape index (κ2) is 12.9. The summed E-state index contributed by atoms with van der Waals surface area (Å²) in [4.78, 5) is 28.9. The van der Waals surface area contributed by atoms with Crippen LogP contribution in [0.3, 0.4) is 0 Å². The summed E-state index contributed by atoms with van der Waals surface area (Å²) in [5, 5.41) is 2.70. The van der Waals surface area contributed by atoms with Gasteiger partial charge in [-0.15, -0.1) is 0 Å². The highest BCUT2D eigenvalue weighted by molar-refractivity contribution is 7.90. The molecule has 8 nitrogen and oxygen atoms in total. The third kappa shape index (κ3) is 7.25. The maximum atomic E-state index is 14.2. The third-order valence-electron chi connectivity index (χ3n) is 6.77. The van der Waals surface area contributed by atoms with E-state index in [4.69, 9.17) is 0 Å². The van der Waals surface area contributed by atoms with E-state index in [0.29, 0.717) is 5.69 Å². The average molecular weight is 551 g/mol. The van der Waals surface area contributed by atoms with Gasteiger partial charge in [0.25, 0.3) is 0 Å². The minimum atomic E-state index is -4.03. The lowest BCUT2D eigenvalue weighted by atomic mass is 10.0. The number of amides is 2. The van der Waals surface area contributed by atoms with E-state index in [1.54, 1.807) is 6.07 Å². The molecule has 3 aromatic carbocycles. The number of nitrogens with zero attached hydrogens (tertiary/aromatic N) is 3. The lowest BCUT2D eigenvalue weighted by Gasteiger charge is -2.35. The van der Waals surface area contributed by atoms with Gasteiger partial charge in [0.1, 0.15) is 12.6 Å². The van der Waals surface area contributed by atoms with Crippen molar-refractivity contribution < 1.29 is 18.0 Å². The summed E-state index contributed by atoms with van der Waals surface area (Å²) in [6, 6.07) is 21.8. The van der Waals surface area contributed by atoms with Crippen molar-refractivity contribution in [3.05, 3.63) is 101 Å². The van der Waals surface area contributed by atoms with Crippen LogP contribution in [0.15, 0.2) is 72.8 Å². The van der Waals surface area contributed by atoms with Crippen LogP contribution >= 0.6 is 0 Å². The standard InChI is InChI=1S/C30H38N4O4S/c1-22-16-17-24(3)27(18-22)34(39(37,38)32(5)6)21-29(35)33(20-26-15-11-10-12-23(26)2)28(30(36)31-4)19-25-13-8-7-9-14-25/h7-18,28H,19-21H2,1-6H3,(H,31,36)/t28-/m0/s1. The number of hydrogen-bond donors (Lipinski definition) is 1. The SMILES string of the molecule is CNC(=O)[C@H](Cc1ccccc1)N(Cc1ccccc1C)C(=O)CN(c1cc(C)ccc1C)S(=O)(=O)N(C)C. The van der Waals surface area contributed by atoms with Gasteiger partial charge in [-0.2, -0.15) is 12.7 Å². The number of aryl methyl sites for hydroxylation is 3. The lowest BCUT2D eigenvalue weighted by molar-refractivity contribution is -0.139. The monoisotopic (exact) mass is 550 g/mol. The van der Waals surface area contributed by atoms with E-state index in [0.717, 1.165) is 36.4 Å². The smallest absolute Gasteiger partial charge is 0.304 e. The van der Waals surface area contributed by atoms with Crippen LogP contribution in [0.25, 0.3) is 0 Å². The Balaban J connectivity index is 2.11. The highest BCUT2D eigenvalue weighted by atomic mass is 32.2. The molecule has 0 radical (unpaired) electrons. The summed E-state index contributed by atoms with van der Waals surface area (Å²) in [6.07, 6.45) is 0.280. The Morgan fingerprint density at radius 2 is 1.51 bits per heavy atom. The largest absolute Gasteiger partial charge is 0.357 e. The van der Waals surface area contributed by atoms with Crippen molar-refractivity contribution in [3.8, 4) is 0 Å². The summed E-state index contributed by atoms with van der Waals surface area (Å²) in [5.41, 5.74) is 4.75. The topological polar surface area (TPSA) is 90.0 Å². The Kier molecular flexibility index (Phi) is 9.88. The van der Waals surface area contributed by atoms with E-state index in [9.17, 15) is 18.0 Å². The number of carbonyl (C=O) groups is 2. The molecular formula is C30H38N4O4S. The van der Waals surface area contributed by atoms with Crippen molar-refractivity contribution in [2.45, 2.75) is 39.8 Å². The first-order valence-corrected chi connectivity index (χ1v) is 14.2. The molecule has 0 heterocycles. The molecule has 9 heteroatoms. The van der Waals surface area contributed by atoms with E-state index in [-0.39, 0.29) is 18.9 Å². The average Bonchev–Trinajstić information content (AvgIpc) is 2.91. The van der Waals surface area contributed by atoms with Gasteiger partial charge < -0.3 is 10.2 Å². The van der Waals surface area contributed by atoms with Crippen molar-refractivity contribution >= 4 is 27.7 Å². The predicted octanol–water partition coefficient (Wildman–Crippen LogP) is 3.61. The molecule has 2 amide bonds. The number of carbonyl (C=O) groups excluding carboxylic acids is 2. The van der Waals surface area contributed by atoms with Crippen LogP contribution in [0.4, 0.5) is 5.69 Å². The van der Waals surface area contributed by atoms with Crippen LogP contribution in [0.1, 0.15) is 27.8 Å². The molecule has 0 aliphatic carbocycles. The van der Waals surface area contributed by atoms with Crippen LogP contribution in [-0.2, 0) is 32.8 Å². The summed E-state index contributed by atoms with van der Waals surface area (Å²) >= 11 is 0. The Labute approximate surface area is 232 Å². The fourth-order valence-corrected chi connectivity index (χ4v) is 5.49. The normalized spacial score (nSPS) is 12.2. The number of nitrogens with one attached hydrogen (secondary N) is 1. The molecule has 0 unspecified atom stereocenters. The molecule has 1 atom stereocenters. The van der Waals surface area contributed by atoms with Gasteiger partial charge in [-0.25, -0.2) is 4.31 Å². The minimum Gasteiger partial charge on any atom is -0.357 e. The van der Waals surface area contributed by atoms with Crippen molar-refractivity contribution in [3.63, 3.8) is 0 Å². The molecule has 0 saturated carbocycles. The number of benzene rings is 3. The van der Waals surface area contributed by atoms with Gasteiger partial charge in [-0.1, -0.05) is 66.7 Å². The summed E-state index contributed by atoms with van der Waals surface area (Å²) in [5.74, 6) is -0.802. The van der Waals surface area contributed by atoms with Gasteiger partial charge in [-0.3, -0.25) is 9.59 Å². The van der Waals surface area contributed by atoms with Crippen LogP contribution in [0, 0.1) is 20.8 Å². The maximum Gasteiger partial charge on any atom is 0.304 e. The molecule has 0 fully saturated rings. The highest BCUT2D eigenvalue weighted by Gasteiger charge is 2.35. The Morgan fingerprint density at radius 1 is 0.872 bits per heavy atom. The molecule has 0 aliphatic rings. The summed E-state index contributed by atoms with van der Waals surface area (Å²) < 4.78 is 29.3. The Bertz CT molecular complexity index is 1410. The number of rotatable bonds is 11. The molecule has 3 rings (SSSR count). The number of anilines is 1. The zero-order chi connectivity index (χ0) is 28.7. The molecule has 39 heavy (non-hydrogen) atoms. The number of likely N-dealkylation sites (N-methyl/N-ethyl adjacent to an activating group) is 1. The second-order valence-corrected chi connectivity index (χ2v) is 11.9. The molecule has 1 N–H and O–H groups in total. The molecule has 0 bridgehead atoms. The van der Waals surface area contributed by atoms with Gasteiger partial charge in [0.2, 0.25) is 11.8 Å². The van der Waals surface area contributed by atoms with Gasteiger partial charge in [0, 0.05) is 34.1 Å². The Morgan fingerprint density at radius 3 is 2.13 bits per heavy atom. The van der Waals surface area contributed by atoms with Crippen LogP contribution < -0.4 is 9.62 Å². The van der Waals surface area contributed by atoms with E-state index in [2.05, 4.69) is 5.32 Å². The summed E-state index contributed by atoms with van der Waals surface area (Å²) in [7, 11) is 0.377. The van der Waals surface area contributed by atoms with E-state index < -0.39 is 28.7 Å². The van der Waals surface area contributed by atoms with E-state index >= 15 is 0 Å². The maximum absolute atomic E-state index is 14.2. The van der Waals surface area contributed by atoms with Crippen LogP contribution in [0.2, 0.25) is 0 Å². The van der Waals surface area contributed by atoms with Crippen LogP contribution in [-0.4, -0.2) is 63.2 Å². The third-order valence-corrected chi connectivity index (χ3v) is 8.58. The van der Waals surface area contributed by atoms with E-state index in [1.807, 2.05) is 87.5 Å². The quantitative estimate of drug-likeness (QED) is 0.395. The van der Waals surface area contributed by atoms with Gasteiger partial charge in [0.05, 0.1) is 5.69 Å². The molecule has 0 saturated heterocycles. The van der Waals surface area contributed by atoms with Crippen molar-refractivity contribution in [1.82, 2.24) is 14.5 Å². The molecule has 0 aromatic heterocycles. The zero-order valence-electron chi connectivity index (χ0n) is 23.5. The van der Waals surface area contributed by atoms with Crippen molar-refractivity contribution in [2.75, 3.05) is 32.0 Å².